The molecule has 2 N–H and O–H groups in total. The zero-order valence-corrected chi connectivity index (χ0v) is 14.5. The number of hydrogen-bond donors (Lipinski definition) is 2. The largest absolute Gasteiger partial charge is 0.455 e. The third kappa shape index (κ3) is 4.70. The van der Waals surface area contributed by atoms with Crippen LogP contribution in [0.5, 0.6) is 11.5 Å². The molecule has 0 aliphatic rings. The van der Waals surface area contributed by atoms with Crippen molar-refractivity contribution < 1.29 is 4.74 Å². The average molecular weight is 334 g/mol. The maximum atomic E-state index is 5.97. The number of benzene rings is 2. The van der Waals surface area contributed by atoms with E-state index in [9.17, 15) is 0 Å². The fourth-order valence-electron chi connectivity index (χ4n) is 2.36. The molecule has 25 heavy (non-hydrogen) atoms. The van der Waals surface area contributed by atoms with Gasteiger partial charge in [-0.05, 0) is 37.6 Å². The van der Waals surface area contributed by atoms with Crippen LogP contribution in [-0.4, -0.2) is 16.5 Å². The molecule has 0 bridgehead atoms. The zero-order valence-electron chi connectivity index (χ0n) is 14.5. The van der Waals surface area contributed by atoms with Gasteiger partial charge in [0.15, 0.2) is 5.75 Å². The molecule has 5 nitrogen and oxygen atoms in total. The Bertz CT molecular complexity index is 821. The molecule has 3 rings (SSSR count). The van der Waals surface area contributed by atoms with Crippen LogP contribution in [0.25, 0.3) is 0 Å². The van der Waals surface area contributed by atoms with Gasteiger partial charge in [0.1, 0.15) is 11.6 Å². The van der Waals surface area contributed by atoms with Gasteiger partial charge in [-0.3, -0.25) is 0 Å². The molecule has 128 valence electrons. The highest BCUT2D eigenvalue weighted by molar-refractivity contribution is 5.64. The van der Waals surface area contributed by atoms with E-state index in [0.29, 0.717) is 5.95 Å². The van der Waals surface area contributed by atoms with Crippen LogP contribution in [0, 0.1) is 6.92 Å². The zero-order chi connectivity index (χ0) is 17.5. The molecule has 0 atom stereocenters. The lowest BCUT2D eigenvalue weighted by molar-refractivity contribution is 0.485. The molecule has 0 amide bonds. The van der Waals surface area contributed by atoms with Gasteiger partial charge in [-0.15, -0.1) is 0 Å². The van der Waals surface area contributed by atoms with Crippen LogP contribution in [0.4, 0.5) is 17.5 Å². The second-order valence-electron chi connectivity index (χ2n) is 5.68. The summed E-state index contributed by atoms with van der Waals surface area (Å²) in [7, 11) is 0. The third-order valence-electron chi connectivity index (χ3n) is 3.51. The Labute approximate surface area is 148 Å². The van der Waals surface area contributed by atoms with E-state index in [1.54, 1.807) is 0 Å². The second-order valence-corrected chi connectivity index (χ2v) is 5.68. The molecule has 0 aliphatic heterocycles. The Morgan fingerprint density at radius 3 is 2.52 bits per heavy atom. The van der Waals surface area contributed by atoms with Gasteiger partial charge >= 0.3 is 0 Å². The number of anilines is 3. The lowest BCUT2D eigenvalue weighted by Crippen LogP contribution is -2.06. The van der Waals surface area contributed by atoms with Gasteiger partial charge in [0.25, 0.3) is 0 Å². The molecule has 0 saturated carbocycles. The molecule has 5 heteroatoms. The monoisotopic (exact) mass is 334 g/mol. The first-order valence-corrected chi connectivity index (χ1v) is 8.43. The number of nitrogens with one attached hydrogen (secondary N) is 2. The quantitative estimate of drug-likeness (QED) is 0.626. The fraction of sp³-hybridized carbons (Fsp3) is 0.200. The minimum atomic E-state index is 0.544. The van der Waals surface area contributed by atoms with Crippen molar-refractivity contribution in [1.82, 2.24) is 9.97 Å². The van der Waals surface area contributed by atoms with E-state index in [1.807, 2.05) is 67.6 Å². The highest BCUT2D eigenvalue weighted by Crippen LogP contribution is 2.30. The summed E-state index contributed by atoms with van der Waals surface area (Å²) in [4.78, 5) is 8.99. The summed E-state index contributed by atoms with van der Waals surface area (Å²) in [5.74, 6) is 2.87. The van der Waals surface area contributed by atoms with Gasteiger partial charge in [0.2, 0.25) is 5.95 Å². The number of nitrogens with zero attached hydrogens (tertiary/aromatic N) is 2. The maximum Gasteiger partial charge on any atom is 0.229 e. The van der Waals surface area contributed by atoms with Crippen molar-refractivity contribution in [2.45, 2.75) is 20.3 Å². The molecule has 3 aromatic rings. The topological polar surface area (TPSA) is 59.1 Å². The molecule has 1 aromatic heterocycles. The predicted octanol–water partition coefficient (Wildman–Crippen LogP) is 5.14. The summed E-state index contributed by atoms with van der Waals surface area (Å²) in [6.07, 6.45) is 1.04. The smallest absolute Gasteiger partial charge is 0.229 e. The Morgan fingerprint density at radius 2 is 1.72 bits per heavy atom. The van der Waals surface area contributed by atoms with Gasteiger partial charge in [-0.2, -0.15) is 4.98 Å². The van der Waals surface area contributed by atoms with E-state index < -0.39 is 0 Å². The first-order chi connectivity index (χ1) is 12.2. The van der Waals surface area contributed by atoms with Crippen LogP contribution in [0.1, 0.15) is 19.0 Å². The number of rotatable bonds is 7. The van der Waals surface area contributed by atoms with Crippen LogP contribution in [-0.2, 0) is 0 Å². The summed E-state index contributed by atoms with van der Waals surface area (Å²) < 4.78 is 5.97. The van der Waals surface area contributed by atoms with Crippen molar-refractivity contribution in [3.05, 3.63) is 66.4 Å². The molecular formula is C20H22N4O. The summed E-state index contributed by atoms with van der Waals surface area (Å²) >= 11 is 0. The van der Waals surface area contributed by atoms with Crippen molar-refractivity contribution in [3.8, 4) is 11.5 Å². The van der Waals surface area contributed by atoms with Gasteiger partial charge in [0, 0.05) is 18.3 Å². The summed E-state index contributed by atoms with van der Waals surface area (Å²) in [5.41, 5.74) is 1.72. The summed E-state index contributed by atoms with van der Waals surface area (Å²) in [6.45, 7) is 4.96. The number of ether oxygens (including phenoxy) is 1. The molecule has 0 saturated heterocycles. The van der Waals surface area contributed by atoms with Crippen molar-refractivity contribution in [2.24, 2.45) is 0 Å². The Balaban J connectivity index is 1.82. The van der Waals surface area contributed by atoms with E-state index in [0.717, 1.165) is 41.7 Å². The predicted molar refractivity (Wildman–Crippen MR) is 102 cm³/mol. The molecule has 0 spiro atoms. The Morgan fingerprint density at radius 1 is 0.960 bits per heavy atom. The second kappa shape index (κ2) is 8.15. The van der Waals surface area contributed by atoms with E-state index >= 15 is 0 Å². The van der Waals surface area contributed by atoms with Crippen LogP contribution >= 0.6 is 0 Å². The van der Waals surface area contributed by atoms with Crippen molar-refractivity contribution in [1.29, 1.82) is 0 Å². The average Bonchev–Trinajstić information content (AvgIpc) is 2.62. The number of para-hydroxylation sites is 3. The van der Waals surface area contributed by atoms with E-state index in [2.05, 4.69) is 27.5 Å². The van der Waals surface area contributed by atoms with Gasteiger partial charge in [-0.1, -0.05) is 37.3 Å². The number of hydrogen-bond acceptors (Lipinski definition) is 5. The maximum absolute atomic E-state index is 5.97. The minimum Gasteiger partial charge on any atom is -0.455 e. The first-order valence-electron chi connectivity index (χ1n) is 8.43. The molecule has 1 heterocycles. The lowest BCUT2D eigenvalue weighted by atomic mass is 10.3. The molecule has 0 unspecified atom stereocenters. The van der Waals surface area contributed by atoms with Crippen molar-refractivity contribution in [2.75, 3.05) is 17.2 Å². The van der Waals surface area contributed by atoms with Crippen LogP contribution in [0.3, 0.4) is 0 Å². The van der Waals surface area contributed by atoms with E-state index in [1.165, 1.54) is 0 Å². The third-order valence-corrected chi connectivity index (χ3v) is 3.51. The fourth-order valence-corrected chi connectivity index (χ4v) is 2.36. The van der Waals surface area contributed by atoms with Gasteiger partial charge in [0.05, 0.1) is 5.69 Å². The highest BCUT2D eigenvalue weighted by Gasteiger charge is 2.08. The first kappa shape index (κ1) is 16.8. The molecule has 0 radical (unpaired) electrons. The van der Waals surface area contributed by atoms with Crippen LogP contribution in [0.2, 0.25) is 0 Å². The van der Waals surface area contributed by atoms with Gasteiger partial charge < -0.3 is 15.4 Å². The van der Waals surface area contributed by atoms with Crippen LogP contribution < -0.4 is 15.4 Å². The van der Waals surface area contributed by atoms with E-state index in [-0.39, 0.29) is 0 Å². The molecular weight excluding hydrogens is 312 g/mol. The van der Waals surface area contributed by atoms with Crippen LogP contribution in [0.15, 0.2) is 60.7 Å². The standard InChI is InChI=1S/C20H22N4O/c1-3-13-21-19-14-15(2)22-20(24-19)23-17-11-7-8-12-18(17)25-16-9-5-4-6-10-16/h4-12,14H,3,13H2,1-2H3,(H2,21,22,23,24). The number of aromatic nitrogens is 2. The Kier molecular flexibility index (Phi) is 5.46. The van der Waals surface area contributed by atoms with Crippen molar-refractivity contribution in [3.63, 3.8) is 0 Å². The van der Waals surface area contributed by atoms with E-state index in [4.69, 9.17) is 4.74 Å². The highest BCUT2D eigenvalue weighted by atomic mass is 16.5. The SMILES string of the molecule is CCCNc1cc(C)nc(Nc2ccccc2Oc2ccccc2)n1. The Hall–Kier alpha value is -3.08. The summed E-state index contributed by atoms with van der Waals surface area (Å²) in [6, 6.07) is 19.4. The molecule has 2 aromatic carbocycles. The molecule has 0 aliphatic carbocycles. The normalized spacial score (nSPS) is 10.3. The lowest BCUT2D eigenvalue weighted by Gasteiger charge is -2.13. The van der Waals surface area contributed by atoms with Crippen molar-refractivity contribution >= 4 is 17.5 Å². The van der Waals surface area contributed by atoms with Gasteiger partial charge in [-0.25, -0.2) is 4.98 Å². The molecule has 0 fully saturated rings. The number of aryl methyl sites for hydroxylation is 1. The minimum absolute atomic E-state index is 0.544. The summed E-state index contributed by atoms with van der Waals surface area (Å²) in [5, 5.41) is 6.56.